The van der Waals surface area contributed by atoms with Gasteiger partial charge in [-0.2, -0.15) is 0 Å². The van der Waals surface area contributed by atoms with Gasteiger partial charge >= 0.3 is 0 Å². The fourth-order valence-electron chi connectivity index (χ4n) is 2.52. The molecular formula is C18H17NO4S3. The van der Waals surface area contributed by atoms with Crippen LogP contribution in [0.5, 0.6) is 0 Å². The molecule has 0 spiro atoms. The van der Waals surface area contributed by atoms with Gasteiger partial charge in [-0.1, -0.05) is 54.6 Å². The lowest BCUT2D eigenvalue weighted by Crippen LogP contribution is -2.31. The molecule has 0 fully saturated rings. The van der Waals surface area contributed by atoms with Crippen LogP contribution in [0.15, 0.2) is 87.3 Å². The van der Waals surface area contributed by atoms with Crippen LogP contribution in [0.3, 0.4) is 0 Å². The highest BCUT2D eigenvalue weighted by Crippen LogP contribution is 2.29. The summed E-state index contributed by atoms with van der Waals surface area (Å²) in [5, 5.41) is 0.630. The minimum absolute atomic E-state index is 0.154. The number of sulfonamides is 1. The Balaban J connectivity index is 1.95. The average Bonchev–Trinajstić information content (AvgIpc) is 3.19. The van der Waals surface area contributed by atoms with Gasteiger partial charge in [-0.25, -0.2) is 21.6 Å². The summed E-state index contributed by atoms with van der Waals surface area (Å²) in [5.74, 6) is 0. The van der Waals surface area contributed by atoms with Crippen LogP contribution in [0.2, 0.25) is 0 Å². The first-order valence-electron chi connectivity index (χ1n) is 7.78. The largest absolute Gasteiger partial charge is 0.250 e. The molecule has 0 saturated heterocycles. The van der Waals surface area contributed by atoms with Gasteiger partial charge in [-0.3, -0.25) is 0 Å². The minimum Gasteiger partial charge on any atom is -0.223 e. The van der Waals surface area contributed by atoms with Gasteiger partial charge < -0.3 is 0 Å². The fourth-order valence-corrected chi connectivity index (χ4v) is 6.40. The van der Waals surface area contributed by atoms with Crippen molar-refractivity contribution < 1.29 is 16.8 Å². The van der Waals surface area contributed by atoms with Crippen LogP contribution >= 0.6 is 11.3 Å². The predicted molar refractivity (Wildman–Crippen MR) is 102 cm³/mol. The summed E-state index contributed by atoms with van der Waals surface area (Å²) in [5.41, 5.74) is 0.533. The van der Waals surface area contributed by atoms with Crippen LogP contribution < -0.4 is 4.72 Å². The molecule has 0 unspecified atom stereocenters. The predicted octanol–water partition coefficient (Wildman–Crippen LogP) is 3.24. The van der Waals surface area contributed by atoms with Crippen molar-refractivity contribution in [3.63, 3.8) is 0 Å². The molecule has 0 aliphatic carbocycles. The van der Waals surface area contributed by atoms with Gasteiger partial charge in [0.2, 0.25) is 10.0 Å². The number of hydrogen-bond acceptors (Lipinski definition) is 5. The number of nitrogens with one attached hydrogen (secondary N) is 1. The summed E-state index contributed by atoms with van der Waals surface area (Å²) in [4.78, 5) is 0.157. The van der Waals surface area contributed by atoms with Crippen molar-refractivity contribution in [1.29, 1.82) is 0 Å². The zero-order valence-electron chi connectivity index (χ0n) is 13.6. The molecule has 1 heterocycles. The van der Waals surface area contributed by atoms with Crippen LogP contribution in [0, 0.1) is 0 Å². The Kier molecular flexibility index (Phi) is 5.57. The van der Waals surface area contributed by atoms with Crippen molar-refractivity contribution in [3.05, 3.63) is 83.7 Å². The summed E-state index contributed by atoms with van der Waals surface area (Å²) in [7, 11) is -7.53. The quantitative estimate of drug-likeness (QED) is 0.652. The molecule has 26 heavy (non-hydrogen) atoms. The number of thiophene rings is 1. The SMILES string of the molecule is O=S(=O)(NC[C@@H](c1ccccc1)S(=O)(=O)c1ccccc1)c1cccs1. The molecule has 1 atom stereocenters. The molecule has 0 radical (unpaired) electrons. The van der Waals surface area contributed by atoms with E-state index in [1.54, 1.807) is 60.0 Å². The second-order valence-electron chi connectivity index (χ2n) is 5.54. The Morgan fingerprint density at radius 3 is 2.00 bits per heavy atom. The van der Waals surface area contributed by atoms with Crippen LogP contribution in [0.1, 0.15) is 10.8 Å². The molecule has 1 N–H and O–H groups in total. The molecule has 0 saturated carbocycles. The lowest BCUT2D eigenvalue weighted by molar-refractivity contribution is 0.570. The van der Waals surface area contributed by atoms with E-state index in [9.17, 15) is 16.8 Å². The van der Waals surface area contributed by atoms with Gasteiger partial charge in [0.05, 0.1) is 4.90 Å². The van der Waals surface area contributed by atoms with E-state index in [2.05, 4.69) is 4.72 Å². The lowest BCUT2D eigenvalue weighted by Gasteiger charge is -2.19. The van der Waals surface area contributed by atoms with Crippen molar-refractivity contribution in [3.8, 4) is 0 Å². The van der Waals surface area contributed by atoms with E-state index in [0.717, 1.165) is 11.3 Å². The normalized spacial score (nSPS) is 13.4. The van der Waals surface area contributed by atoms with Crippen molar-refractivity contribution in [2.45, 2.75) is 14.4 Å². The molecule has 0 bridgehead atoms. The maximum absolute atomic E-state index is 13.1. The Hall–Kier alpha value is -2.00. The summed E-state index contributed by atoms with van der Waals surface area (Å²) >= 11 is 1.08. The monoisotopic (exact) mass is 407 g/mol. The molecule has 0 aliphatic rings. The van der Waals surface area contributed by atoms with E-state index < -0.39 is 25.1 Å². The van der Waals surface area contributed by atoms with E-state index in [4.69, 9.17) is 0 Å². The van der Waals surface area contributed by atoms with Crippen LogP contribution in [-0.2, 0) is 19.9 Å². The first-order chi connectivity index (χ1) is 12.4. The molecule has 3 rings (SSSR count). The first-order valence-corrected chi connectivity index (χ1v) is 11.7. The third-order valence-corrected chi connectivity index (χ3v) is 8.77. The Morgan fingerprint density at radius 1 is 0.808 bits per heavy atom. The zero-order valence-corrected chi connectivity index (χ0v) is 16.1. The minimum atomic E-state index is -3.77. The van der Waals surface area contributed by atoms with Gasteiger partial charge in [0.15, 0.2) is 9.84 Å². The van der Waals surface area contributed by atoms with Gasteiger partial charge in [0.1, 0.15) is 9.46 Å². The molecule has 1 aromatic heterocycles. The molecule has 5 nitrogen and oxygen atoms in total. The molecule has 3 aromatic rings. The highest BCUT2D eigenvalue weighted by molar-refractivity contribution is 7.92. The van der Waals surface area contributed by atoms with E-state index in [-0.39, 0.29) is 15.6 Å². The van der Waals surface area contributed by atoms with E-state index >= 15 is 0 Å². The molecular weight excluding hydrogens is 390 g/mol. The topological polar surface area (TPSA) is 80.3 Å². The van der Waals surface area contributed by atoms with E-state index in [0.29, 0.717) is 5.56 Å². The lowest BCUT2D eigenvalue weighted by atomic mass is 10.1. The molecule has 136 valence electrons. The Bertz CT molecular complexity index is 1050. The van der Waals surface area contributed by atoms with Gasteiger partial charge in [-0.15, -0.1) is 11.3 Å². The summed E-state index contributed by atoms with van der Waals surface area (Å²) in [6, 6.07) is 19.8. The highest BCUT2D eigenvalue weighted by atomic mass is 32.2. The van der Waals surface area contributed by atoms with Crippen molar-refractivity contribution >= 4 is 31.2 Å². The third kappa shape index (κ3) is 4.04. The van der Waals surface area contributed by atoms with Gasteiger partial charge in [0.25, 0.3) is 0 Å². The summed E-state index contributed by atoms with van der Waals surface area (Å²) < 4.78 is 53.6. The Morgan fingerprint density at radius 2 is 1.42 bits per heavy atom. The molecule has 0 aliphatic heterocycles. The van der Waals surface area contributed by atoms with Gasteiger partial charge in [0, 0.05) is 6.54 Å². The average molecular weight is 408 g/mol. The number of rotatable bonds is 7. The second kappa shape index (κ2) is 7.71. The summed E-state index contributed by atoms with van der Waals surface area (Å²) in [6.07, 6.45) is 0. The maximum atomic E-state index is 13.1. The number of benzene rings is 2. The smallest absolute Gasteiger partial charge is 0.223 e. The second-order valence-corrected chi connectivity index (χ2v) is 10.6. The van der Waals surface area contributed by atoms with Crippen molar-refractivity contribution in [2.24, 2.45) is 0 Å². The van der Waals surface area contributed by atoms with Crippen molar-refractivity contribution in [1.82, 2.24) is 4.72 Å². The first kappa shape index (κ1) is 18.8. The van der Waals surface area contributed by atoms with E-state index in [1.807, 2.05) is 0 Å². The summed E-state index contributed by atoms with van der Waals surface area (Å²) in [6.45, 7) is -0.249. The van der Waals surface area contributed by atoms with Gasteiger partial charge in [-0.05, 0) is 29.1 Å². The third-order valence-electron chi connectivity index (χ3n) is 3.84. The van der Waals surface area contributed by atoms with Crippen LogP contribution in [0.4, 0.5) is 0 Å². The van der Waals surface area contributed by atoms with Crippen LogP contribution in [0.25, 0.3) is 0 Å². The van der Waals surface area contributed by atoms with Crippen molar-refractivity contribution in [2.75, 3.05) is 6.54 Å². The Labute approximate surface area is 157 Å². The van der Waals surface area contributed by atoms with E-state index in [1.165, 1.54) is 18.2 Å². The fraction of sp³-hybridized carbons (Fsp3) is 0.111. The zero-order chi connectivity index (χ0) is 18.6. The maximum Gasteiger partial charge on any atom is 0.250 e. The standard InChI is InChI=1S/C18H17NO4S3/c20-25(21,16-10-5-2-6-11-16)17(15-8-3-1-4-9-15)14-19-26(22,23)18-12-7-13-24-18/h1-13,17,19H,14H2/t17-/m0/s1. The molecule has 8 heteroatoms. The molecule has 0 amide bonds. The molecule has 2 aromatic carbocycles. The van der Waals surface area contributed by atoms with Crippen LogP contribution in [-0.4, -0.2) is 23.4 Å². The number of hydrogen-bond donors (Lipinski definition) is 1. The highest BCUT2D eigenvalue weighted by Gasteiger charge is 2.30. The number of sulfone groups is 1.